The summed E-state index contributed by atoms with van der Waals surface area (Å²) in [6.45, 7) is 0. The van der Waals surface area contributed by atoms with E-state index in [1.807, 2.05) is 24.3 Å². The molecule has 0 aliphatic rings. The van der Waals surface area contributed by atoms with E-state index in [0.29, 0.717) is 5.02 Å². The van der Waals surface area contributed by atoms with E-state index in [0.717, 1.165) is 17.3 Å². The molecule has 0 radical (unpaired) electrons. The zero-order valence-corrected chi connectivity index (χ0v) is 9.50. The molecule has 0 unspecified atom stereocenters. The van der Waals surface area contributed by atoms with Crippen LogP contribution in [0.25, 0.3) is 11.8 Å². The van der Waals surface area contributed by atoms with Crippen molar-refractivity contribution in [1.82, 2.24) is 9.78 Å². The molecular weight excluding hydrogens is 240 g/mol. The van der Waals surface area contributed by atoms with Crippen molar-refractivity contribution in [2.45, 2.75) is 0 Å². The van der Waals surface area contributed by atoms with E-state index >= 15 is 0 Å². The average molecular weight is 249 g/mol. The Bertz CT molecular complexity index is 558. The lowest BCUT2D eigenvalue weighted by Crippen LogP contribution is -1.93. The van der Waals surface area contributed by atoms with Crippen LogP contribution in [0.1, 0.15) is 5.56 Å². The molecule has 0 saturated heterocycles. The first-order valence-electron chi connectivity index (χ1n) is 4.87. The summed E-state index contributed by atoms with van der Waals surface area (Å²) in [5.41, 5.74) is 1.68. The minimum Gasteiger partial charge on any atom is -0.478 e. The van der Waals surface area contributed by atoms with Crippen molar-refractivity contribution in [3.63, 3.8) is 0 Å². The topological polar surface area (TPSA) is 55.1 Å². The van der Waals surface area contributed by atoms with E-state index in [9.17, 15) is 4.79 Å². The molecule has 1 aromatic heterocycles. The normalized spacial score (nSPS) is 10.9. The van der Waals surface area contributed by atoms with Crippen LogP contribution < -0.4 is 0 Å². The fourth-order valence-corrected chi connectivity index (χ4v) is 1.48. The molecule has 0 aliphatic carbocycles. The summed E-state index contributed by atoms with van der Waals surface area (Å²) in [4.78, 5) is 10.3. The first kappa shape index (κ1) is 11.4. The Hall–Kier alpha value is -2.07. The first-order valence-corrected chi connectivity index (χ1v) is 5.24. The van der Waals surface area contributed by atoms with E-state index in [1.54, 1.807) is 17.1 Å². The van der Waals surface area contributed by atoms with Crippen LogP contribution in [0.2, 0.25) is 5.02 Å². The van der Waals surface area contributed by atoms with Crippen LogP contribution in [0.4, 0.5) is 0 Å². The van der Waals surface area contributed by atoms with Crippen molar-refractivity contribution in [2.24, 2.45) is 0 Å². The molecule has 86 valence electrons. The number of halogens is 1. The van der Waals surface area contributed by atoms with Gasteiger partial charge in [0.2, 0.25) is 0 Å². The third-order valence-electron chi connectivity index (χ3n) is 2.13. The van der Waals surface area contributed by atoms with Gasteiger partial charge in [0.25, 0.3) is 0 Å². The highest BCUT2D eigenvalue weighted by atomic mass is 35.5. The van der Waals surface area contributed by atoms with Crippen LogP contribution >= 0.6 is 11.6 Å². The van der Waals surface area contributed by atoms with Crippen LogP contribution in [-0.2, 0) is 4.79 Å². The molecule has 0 spiro atoms. The summed E-state index contributed by atoms with van der Waals surface area (Å²) in [7, 11) is 0. The van der Waals surface area contributed by atoms with E-state index in [2.05, 4.69) is 5.10 Å². The lowest BCUT2D eigenvalue weighted by Gasteiger charge is -2.00. The standard InChI is InChI=1S/C12H9ClN2O2/c13-10-7-14-15(8-10)11-4-1-9(2-5-11)3-6-12(16)17/h1-8H,(H,16,17)/b6-3+. The maximum absolute atomic E-state index is 10.3. The first-order chi connectivity index (χ1) is 8.15. The highest BCUT2D eigenvalue weighted by molar-refractivity contribution is 6.30. The number of rotatable bonds is 3. The minimum absolute atomic E-state index is 0.569. The van der Waals surface area contributed by atoms with Gasteiger partial charge in [-0.15, -0.1) is 0 Å². The molecule has 0 aliphatic heterocycles. The molecule has 4 nitrogen and oxygen atoms in total. The summed E-state index contributed by atoms with van der Waals surface area (Å²) in [5.74, 6) is -0.965. The molecule has 0 fully saturated rings. The predicted molar refractivity (Wildman–Crippen MR) is 65.2 cm³/mol. The highest BCUT2D eigenvalue weighted by Gasteiger charge is 1.98. The SMILES string of the molecule is O=C(O)/C=C/c1ccc(-n2cc(Cl)cn2)cc1. The lowest BCUT2D eigenvalue weighted by molar-refractivity contribution is -0.131. The van der Waals surface area contributed by atoms with Gasteiger partial charge in [0, 0.05) is 12.3 Å². The zero-order valence-electron chi connectivity index (χ0n) is 8.75. The van der Waals surface area contributed by atoms with Gasteiger partial charge in [-0.25, -0.2) is 9.48 Å². The highest BCUT2D eigenvalue weighted by Crippen LogP contribution is 2.13. The van der Waals surface area contributed by atoms with Crippen molar-refractivity contribution in [2.75, 3.05) is 0 Å². The van der Waals surface area contributed by atoms with E-state index in [1.165, 1.54) is 6.08 Å². The monoisotopic (exact) mass is 248 g/mol. The number of aromatic nitrogens is 2. The Morgan fingerprint density at radius 2 is 2.06 bits per heavy atom. The number of benzene rings is 1. The number of carboxylic acids is 1. The van der Waals surface area contributed by atoms with Crippen molar-refractivity contribution in [1.29, 1.82) is 0 Å². The van der Waals surface area contributed by atoms with Crippen LogP contribution in [0.15, 0.2) is 42.7 Å². The lowest BCUT2D eigenvalue weighted by atomic mass is 10.2. The van der Waals surface area contributed by atoms with E-state index < -0.39 is 5.97 Å². The molecule has 1 heterocycles. The molecular formula is C12H9ClN2O2. The quantitative estimate of drug-likeness (QED) is 0.850. The van der Waals surface area contributed by atoms with Crippen molar-refractivity contribution in [3.05, 3.63) is 53.3 Å². The van der Waals surface area contributed by atoms with E-state index in [4.69, 9.17) is 16.7 Å². The molecule has 5 heteroatoms. The van der Waals surface area contributed by atoms with Gasteiger partial charge in [0.05, 0.1) is 16.9 Å². The Labute approximate surface area is 103 Å². The molecule has 0 atom stereocenters. The summed E-state index contributed by atoms with van der Waals surface area (Å²) < 4.78 is 1.65. The summed E-state index contributed by atoms with van der Waals surface area (Å²) in [5, 5.41) is 13.1. The summed E-state index contributed by atoms with van der Waals surface area (Å²) in [6, 6.07) is 7.30. The number of hydrogen-bond donors (Lipinski definition) is 1. The Balaban J connectivity index is 2.21. The average Bonchev–Trinajstić information content (AvgIpc) is 2.74. The van der Waals surface area contributed by atoms with Gasteiger partial charge in [-0.2, -0.15) is 5.10 Å². The van der Waals surface area contributed by atoms with Crippen LogP contribution in [0, 0.1) is 0 Å². The van der Waals surface area contributed by atoms with Crippen LogP contribution in [0.3, 0.4) is 0 Å². The Morgan fingerprint density at radius 3 is 2.59 bits per heavy atom. The van der Waals surface area contributed by atoms with Crippen molar-refractivity contribution >= 4 is 23.6 Å². The predicted octanol–water partition coefficient (Wildman–Crippen LogP) is 2.62. The largest absolute Gasteiger partial charge is 0.478 e. The van der Waals surface area contributed by atoms with E-state index in [-0.39, 0.29) is 0 Å². The second-order valence-electron chi connectivity index (χ2n) is 3.37. The third-order valence-corrected chi connectivity index (χ3v) is 2.32. The van der Waals surface area contributed by atoms with Gasteiger partial charge in [0.1, 0.15) is 0 Å². The second kappa shape index (κ2) is 4.84. The molecule has 0 saturated carbocycles. The van der Waals surface area contributed by atoms with Crippen LogP contribution in [0.5, 0.6) is 0 Å². The molecule has 0 bridgehead atoms. The van der Waals surface area contributed by atoms with Gasteiger partial charge < -0.3 is 5.11 Å². The van der Waals surface area contributed by atoms with Gasteiger partial charge in [-0.05, 0) is 23.8 Å². The van der Waals surface area contributed by atoms with Crippen molar-refractivity contribution < 1.29 is 9.90 Å². The molecule has 17 heavy (non-hydrogen) atoms. The van der Waals surface area contributed by atoms with Gasteiger partial charge >= 0.3 is 5.97 Å². The van der Waals surface area contributed by atoms with Gasteiger partial charge in [-0.1, -0.05) is 23.7 Å². The maximum Gasteiger partial charge on any atom is 0.328 e. The molecule has 0 amide bonds. The molecule has 2 aromatic rings. The van der Waals surface area contributed by atoms with Crippen molar-refractivity contribution in [3.8, 4) is 5.69 Å². The minimum atomic E-state index is -0.965. The van der Waals surface area contributed by atoms with Gasteiger partial charge in [-0.3, -0.25) is 0 Å². The fraction of sp³-hybridized carbons (Fsp3) is 0. The number of nitrogens with zero attached hydrogens (tertiary/aromatic N) is 2. The summed E-state index contributed by atoms with van der Waals surface area (Å²) in [6.07, 6.45) is 5.88. The molecule has 1 N–H and O–H groups in total. The van der Waals surface area contributed by atoms with Gasteiger partial charge in [0.15, 0.2) is 0 Å². The Kier molecular flexibility index (Phi) is 3.25. The third kappa shape index (κ3) is 2.95. The fourth-order valence-electron chi connectivity index (χ4n) is 1.35. The molecule has 1 aromatic carbocycles. The zero-order chi connectivity index (χ0) is 12.3. The summed E-state index contributed by atoms with van der Waals surface area (Å²) >= 11 is 5.77. The Morgan fingerprint density at radius 1 is 1.35 bits per heavy atom. The second-order valence-corrected chi connectivity index (χ2v) is 3.80. The molecule has 2 rings (SSSR count). The smallest absolute Gasteiger partial charge is 0.328 e. The number of aliphatic carboxylic acids is 1. The number of hydrogen-bond acceptors (Lipinski definition) is 2. The van der Waals surface area contributed by atoms with Crippen LogP contribution in [-0.4, -0.2) is 20.9 Å². The maximum atomic E-state index is 10.3. The number of carboxylic acid groups (broad SMARTS) is 1. The number of carbonyl (C=O) groups is 1.